The van der Waals surface area contributed by atoms with Crippen LogP contribution in [0.2, 0.25) is 5.02 Å². The molecule has 1 aromatic carbocycles. The van der Waals surface area contributed by atoms with Gasteiger partial charge in [-0.3, -0.25) is 14.5 Å². The Labute approximate surface area is 145 Å². The number of ether oxygens (including phenoxy) is 1. The van der Waals surface area contributed by atoms with Crippen LogP contribution in [0.4, 0.5) is 0 Å². The van der Waals surface area contributed by atoms with Crippen LogP contribution >= 0.6 is 11.6 Å². The summed E-state index contributed by atoms with van der Waals surface area (Å²) >= 11 is 5.98. The quantitative estimate of drug-likeness (QED) is 0.792. The van der Waals surface area contributed by atoms with E-state index in [-0.39, 0.29) is 17.4 Å². The van der Waals surface area contributed by atoms with E-state index in [1.807, 2.05) is 4.90 Å². The van der Waals surface area contributed by atoms with Crippen LogP contribution in [0.15, 0.2) is 33.7 Å². The van der Waals surface area contributed by atoms with Gasteiger partial charge in [0.1, 0.15) is 11.6 Å². The number of esters is 1. The molecule has 0 radical (unpaired) electrons. The number of likely N-dealkylation sites (tertiary alicyclic amines) is 1. The van der Waals surface area contributed by atoms with E-state index < -0.39 is 0 Å². The molecule has 0 bridgehead atoms. The molecule has 1 atom stereocenters. The zero-order chi connectivity index (χ0) is 17.1. The molecule has 0 N–H and O–H groups in total. The van der Waals surface area contributed by atoms with Crippen LogP contribution in [0, 0.1) is 0 Å². The first-order chi connectivity index (χ1) is 11.6. The maximum absolute atomic E-state index is 12.7. The average Bonchev–Trinajstić information content (AvgIpc) is 2.58. The molecule has 1 aromatic heterocycles. The fourth-order valence-electron chi connectivity index (χ4n) is 3.16. The van der Waals surface area contributed by atoms with E-state index >= 15 is 0 Å². The second-order valence-electron chi connectivity index (χ2n) is 5.96. The third-order valence-corrected chi connectivity index (χ3v) is 4.59. The topological polar surface area (TPSA) is 59.8 Å². The first-order valence-corrected chi connectivity index (χ1v) is 8.58. The van der Waals surface area contributed by atoms with Gasteiger partial charge in [-0.15, -0.1) is 0 Å². The molecule has 1 aliphatic rings. The normalized spacial score (nSPS) is 18.7. The summed E-state index contributed by atoms with van der Waals surface area (Å²) in [5.74, 6) is -0.217. The molecule has 128 valence electrons. The van der Waals surface area contributed by atoms with Crippen molar-refractivity contribution in [3.8, 4) is 0 Å². The Morgan fingerprint density at radius 3 is 3.04 bits per heavy atom. The molecule has 1 aliphatic heterocycles. The zero-order valence-corrected chi connectivity index (χ0v) is 14.3. The van der Waals surface area contributed by atoms with E-state index in [2.05, 4.69) is 0 Å². The number of benzene rings is 1. The summed E-state index contributed by atoms with van der Waals surface area (Å²) in [6, 6.07) is 4.69. The molecule has 1 fully saturated rings. The molecular weight excluding hydrogens is 330 g/mol. The van der Waals surface area contributed by atoms with E-state index in [9.17, 15) is 9.59 Å². The highest BCUT2D eigenvalue weighted by atomic mass is 35.5. The van der Waals surface area contributed by atoms with Crippen LogP contribution in [-0.4, -0.2) is 30.1 Å². The second kappa shape index (κ2) is 7.36. The molecule has 1 unspecified atom stereocenters. The highest BCUT2D eigenvalue weighted by molar-refractivity contribution is 6.31. The summed E-state index contributed by atoms with van der Waals surface area (Å²) in [6.07, 6.45) is 4.22. The standard InChI is InChI=1S/C18H20ClNO4/c1-2-23-18(22)15-5-3-4-8-20(15)10-12-11-24-16-7-6-13(19)9-14(16)17(12)21/h6-7,9,11,15H,2-5,8,10H2,1H3. The highest BCUT2D eigenvalue weighted by Crippen LogP contribution is 2.22. The van der Waals surface area contributed by atoms with Crippen molar-refractivity contribution in [2.24, 2.45) is 0 Å². The number of nitrogens with zero attached hydrogens (tertiary/aromatic N) is 1. The number of carbonyl (C=O) groups excluding carboxylic acids is 1. The lowest BCUT2D eigenvalue weighted by atomic mass is 10.0. The highest BCUT2D eigenvalue weighted by Gasteiger charge is 2.30. The van der Waals surface area contributed by atoms with Crippen LogP contribution in [0.3, 0.4) is 0 Å². The van der Waals surface area contributed by atoms with Crippen LogP contribution < -0.4 is 5.43 Å². The first kappa shape index (κ1) is 17.0. The van der Waals surface area contributed by atoms with Gasteiger partial charge < -0.3 is 9.15 Å². The fraction of sp³-hybridized carbons (Fsp3) is 0.444. The zero-order valence-electron chi connectivity index (χ0n) is 13.6. The van der Waals surface area contributed by atoms with Crippen molar-refractivity contribution in [1.29, 1.82) is 0 Å². The Bertz CT molecular complexity index is 801. The molecule has 6 heteroatoms. The third kappa shape index (κ3) is 3.47. The smallest absolute Gasteiger partial charge is 0.323 e. The number of halogens is 1. The maximum atomic E-state index is 12.7. The van der Waals surface area contributed by atoms with Crippen molar-refractivity contribution in [3.63, 3.8) is 0 Å². The van der Waals surface area contributed by atoms with Crippen molar-refractivity contribution in [1.82, 2.24) is 4.90 Å². The minimum atomic E-state index is -0.298. The van der Waals surface area contributed by atoms with Gasteiger partial charge in [-0.2, -0.15) is 0 Å². The lowest BCUT2D eigenvalue weighted by molar-refractivity contribution is -0.151. The van der Waals surface area contributed by atoms with Crippen molar-refractivity contribution < 1.29 is 13.9 Å². The van der Waals surface area contributed by atoms with Gasteiger partial charge in [-0.25, -0.2) is 0 Å². The molecule has 24 heavy (non-hydrogen) atoms. The number of hydrogen-bond acceptors (Lipinski definition) is 5. The lowest BCUT2D eigenvalue weighted by Gasteiger charge is -2.33. The molecule has 0 spiro atoms. The number of rotatable bonds is 4. The van der Waals surface area contributed by atoms with Crippen molar-refractivity contribution >= 4 is 28.5 Å². The van der Waals surface area contributed by atoms with E-state index in [0.717, 1.165) is 25.8 Å². The van der Waals surface area contributed by atoms with Crippen LogP contribution in [0.25, 0.3) is 11.0 Å². The minimum absolute atomic E-state index is 0.105. The Hall–Kier alpha value is -1.85. The summed E-state index contributed by atoms with van der Waals surface area (Å²) in [4.78, 5) is 26.9. The SMILES string of the molecule is CCOC(=O)C1CCCCN1Cc1coc2ccc(Cl)cc2c1=O. The van der Waals surface area contributed by atoms with Gasteiger partial charge >= 0.3 is 5.97 Å². The van der Waals surface area contributed by atoms with Gasteiger partial charge in [0.05, 0.1) is 18.3 Å². The molecule has 0 aliphatic carbocycles. The van der Waals surface area contributed by atoms with Gasteiger partial charge in [0.15, 0.2) is 5.43 Å². The number of hydrogen-bond donors (Lipinski definition) is 0. The summed E-state index contributed by atoms with van der Waals surface area (Å²) in [6.45, 7) is 3.29. The van der Waals surface area contributed by atoms with E-state index in [4.69, 9.17) is 20.8 Å². The number of piperidine rings is 1. The van der Waals surface area contributed by atoms with Gasteiger partial charge in [-0.1, -0.05) is 18.0 Å². The Morgan fingerprint density at radius 1 is 1.42 bits per heavy atom. The Balaban J connectivity index is 1.89. The fourth-order valence-corrected chi connectivity index (χ4v) is 3.33. The van der Waals surface area contributed by atoms with Crippen molar-refractivity contribution in [2.45, 2.75) is 38.8 Å². The Kier molecular flexibility index (Phi) is 5.21. The molecule has 2 aromatic rings. The summed E-state index contributed by atoms with van der Waals surface area (Å²) < 4.78 is 10.7. The molecule has 2 heterocycles. The third-order valence-electron chi connectivity index (χ3n) is 4.35. The van der Waals surface area contributed by atoms with E-state index in [1.54, 1.807) is 25.1 Å². The monoisotopic (exact) mass is 349 g/mol. The maximum Gasteiger partial charge on any atom is 0.323 e. The van der Waals surface area contributed by atoms with Crippen LogP contribution in [-0.2, 0) is 16.1 Å². The molecule has 0 amide bonds. The largest absolute Gasteiger partial charge is 0.465 e. The molecule has 3 rings (SSSR count). The number of carbonyl (C=O) groups is 1. The summed E-state index contributed by atoms with van der Waals surface area (Å²) in [5.41, 5.74) is 0.932. The van der Waals surface area contributed by atoms with Crippen LogP contribution in [0.5, 0.6) is 0 Å². The summed E-state index contributed by atoms with van der Waals surface area (Å²) in [5, 5.41) is 0.957. The number of fused-ring (bicyclic) bond motifs is 1. The van der Waals surface area contributed by atoms with Gasteiger partial charge in [0, 0.05) is 17.1 Å². The molecular formula is C18H20ClNO4. The van der Waals surface area contributed by atoms with Gasteiger partial charge in [0.2, 0.25) is 0 Å². The minimum Gasteiger partial charge on any atom is -0.465 e. The van der Waals surface area contributed by atoms with Gasteiger partial charge in [0.25, 0.3) is 0 Å². The lowest BCUT2D eigenvalue weighted by Crippen LogP contribution is -2.45. The predicted octanol–water partition coefficient (Wildman–Crippen LogP) is 3.36. The molecule has 1 saturated heterocycles. The Morgan fingerprint density at radius 2 is 2.25 bits per heavy atom. The van der Waals surface area contributed by atoms with E-state index in [0.29, 0.717) is 34.7 Å². The van der Waals surface area contributed by atoms with E-state index in [1.165, 1.54) is 6.26 Å². The van der Waals surface area contributed by atoms with Crippen LogP contribution in [0.1, 0.15) is 31.7 Å². The molecule has 5 nitrogen and oxygen atoms in total. The van der Waals surface area contributed by atoms with Crippen molar-refractivity contribution in [3.05, 3.63) is 45.3 Å². The first-order valence-electron chi connectivity index (χ1n) is 8.20. The molecule has 0 saturated carbocycles. The summed E-state index contributed by atoms with van der Waals surface area (Å²) in [7, 11) is 0. The predicted molar refractivity (Wildman–Crippen MR) is 92.2 cm³/mol. The van der Waals surface area contributed by atoms with Gasteiger partial charge in [-0.05, 0) is 44.5 Å². The van der Waals surface area contributed by atoms with Crippen molar-refractivity contribution in [2.75, 3.05) is 13.2 Å². The second-order valence-corrected chi connectivity index (χ2v) is 6.40. The average molecular weight is 350 g/mol.